The van der Waals surface area contributed by atoms with E-state index in [9.17, 15) is 18.0 Å². The molecule has 1 aromatic carbocycles. The smallest absolute Gasteiger partial charge is 0.369 e. The Bertz CT molecular complexity index is 516. The second-order valence-corrected chi connectivity index (χ2v) is 5.57. The molecule has 8 heteroatoms. The Morgan fingerprint density at radius 3 is 2.50 bits per heavy atom. The van der Waals surface area contributed by atoms with Crippen molar-refractivity contribution in [2.75, 3.05) is 44.2 Å². The number of anilines is 1. The number of rotatable bonds is 4. The number of nitrogens with zero attached hydrogens (tertiary/aromatic N) is 2. The summed E-state index contributed by atoms with van der Waals surface area (Å²) < 4.78 is 36.1. The summed E-state index contributed by atoms with van der Waals surface area (Å²) in [6.07, 6.45) is -4.37. The molecule has 0 radical (unpaired) electrons. The van der Waals surface area contributed by atoms with Crippen molar-refractivity contribution in [2.24, 2.45) is 0 Å². The van der Waals surface area contributed by atoms with E-state index in [2.05, 4.69) is 4.90 Å². The monoisotopic (exact) mass is 335 g/mol. The van der Waals surface area contributed by atoms with E-state index in [1.54, 1.807) is 6.07 Å². The van der Waals surface area contributed by atoms with Gasteiger partial charge in [0.05, 0.1) is 6.54 Å². The maximum absolute atomic E-state index is 12.0. The van der Waals surface area contributed by atoms with Crippen molar-refractivity contribution >= 4 is 23.2 Å². The molecule has 0 bridgehead atoms. The Hall–Kier alpha value is -1.47. The third-order valence-electron chi connectivity index (χ3n) is 3.40. The van der Waals surface area contributed by atoms with Crippen molar-refractivity contribution in [3.05, 3.63) is 29.3 Å². The van der Waals surface area contributed by atoms with Crippen LogP contribution in [0.3, 0.4) is 0 Å². The molecule has 1 aliphatic rings. The predicted octanol–water partition coefficient (Wildman–Crippen LogP) is 2.14. The highest BCUT2D eigenvalue weighted by Gasteiger charge is 2.28. The Balaban J connectivity index is 1.76. The number of halogens is 4. The van der Waals surface area contributed by atoms with Crippen molar-refractivity contribution in [1.82, 2.24) is 10.2 Å². The summed E-state index contributed by atoms with van der Waals surface area (Å²) in [5.74, 6) is -0.603. The predicted molar refractivity (Wildman–Crippen MR) is 79.2 cm³/mol. The Morgan fingerprint density at radius 1 is 1.23 bits per heavy atom. The largest absolute Gasteiger partial charge is 0.405 e. The van der Waals surface area contributed by atoms with E-state index in [-0.39, 0.29) is 6.54 Å². The van der Waals surface area contributed by atoms with Gasteiger partial charge < -0.3 is 10.2 Å². The van der Waals surface area contributed by atoms with E-state index in [0.29, 0.717) is 31.2 Å². The number of amides is 1. The summed E-state index contributed by atoms with van der Waals surface area (Å²) in [6.45, 7) is 1.34. The van der Waals surface area contributed by atoms with E-state index in [1.807, 2.05) is 28.4 Å². The minimum atomic E-state index is -4.37. The number of nitrogens with one attached hydrogen (secondary N) is 1. The Kier molecular flexibility index (Phi) is 5.52. The Morgan fingerprint density at radius 2 is 1.91 bits per heavy atom. The summed E-state index contributed by atoms with van der Waals surface area (Å²) in [4.78, 5) is 15.4. The number of carbonyl (C=O) groups excluding carboxylic acids is 1. The minimum Gasteiger partial charge on any atom is -0.369 e. The normalized spacial score (nSPS) is 16.6. The zero-order valence-corrected chi connectivity index (χ0v) is 12.6. The average Bonchev–Trinajstić information content (AvgIpc) is 2.45. The molecule has 2 rings (SSSR count). The molecule has 1 fully saturated rings. The topological polar surface area (TPSA) is 35.6 Å². The zero-order chi connectivity index (χ0) is 16.2. The van der Waals surface area contributed by atoms with Gasteiger partial charge in [-0.1, -0.05) is 17.7 Å². The number of benzene rings is 1. The average molecular weight is 336 g/mol. The summed E-state index contributed by atoms with van der Waals surface area (Å²) in [5, 5.41) is 2.54. The van der Waals surface area contributed by atoms with Gasteiger partial charge in [0.2, 0.25) is 5.91 Å². The first-order valence-electron chi connectivity index (χ1n) is 6.90. The van der Waals surface area contributed by atoms with Gasteiger partial charge in [0.1, 0.15) is 6.54 Å². The maximum Gasteiger partial charge on any atom is 0.405 e. The molecule has 0 spiro atoms. The summed E-state index contributed by atoms with van der Waals surface area (Å²) in [6, 6.07) is 7.49. The molecule has 4 nitrogen and oxygen atoms in total. The van der Waals surface area contributed by atoms with Crippen molar-refractivity contribution in [3.63, 3.8) is 0 Å². The van der Waals surface area contributed by atoms with Crippen LogP contribution in [-0.4, -0.2) is 56.3 Å². The van der Waals surface area contributed by atoms with E-state index in [0.717, 1.165) is 5.69 Å². The van der Waals surface area contributed by atoms with Crippen LogP contribution in [0.5, 0.6) is 0 Å². The van der Waals surface area contributed by atoms with Crippen LogP contribution < -0.4 is 10.2 Å². The van der Waals surface area contributed by atoms with Gasteiger partial charge >= 0.3 is 6.18 Å². The lowest BCUT2D eigenvalue weighted by Gasteiger charge is -2.35. The van der Waals surface area contributed by atoms with Crippen LogP contribution in [0.25, 0.3) is 0 Å². The van der Waals surface area contributed by atoms with Gasteiger partial charge in [0.15, 0.2) is 0 Å². The number of hydrogen-bond donors (Lipinski definition) is 1. The number of hydrogen-bond acceptors (Lipinski definition) is 3. The van der Waals surface area contributed by atoms with Crippen molar-refractivity contribution in [1.29, 1.82) is 0 Å². The van der Waals surface area contributed by atoms with Crippen LogP contribution in [-0.2, 0) is 4.79 Å². The van der Waals surface area contributed by atoms with E-state index in [1.165, 1.54) is 0 Å². The van der Waals surface area contributed by atoms with Crippen LogP contribution >= 0.6 is 11.6 Å². The van der Waals surface area contributed by atoms with Gasteiger partial charge in [0.25, 0.3) is 0 Å². The summed E-state index contributed by atoms with van der Waals surface area (Å²) in [5.41, 5.74) is 1.01. The number of carbonyl (C=O) groups is 1. The highest BCUT2D eigenvalue weighted by Crippen LogP contribution is 2.20. The molecule has 0 aliphatic carbocycles. The molecule has 1 N–H and O–H groups in total. The molecule has 1 amide bonds. The van der Waals surface area contributed by atoms with Crippen molar-refractivity contribution in [3.8, 4) is 0 Å². The lowest BCUT2D eigenvalue weighted by atomic mass is 10.2. The quantitative estimate of drug-likeness (QED) is 0.915. The maximum atomic E-state index is 12.0. The summed E-state index contributed by atoms with van der Waals surface area (Å²) in [7, 11) is 0. The second kappa shape index (κ2) is 7.19. The zero-order valence-electron chi connectivity index (χ0n) is 11.9. The highest BCUT2D eigenvalue weighted by molar-refractivity contribution is 6.30. The minimum absolute atomic E-state index is 0.0144. The lowest BCUT2D eigenvalue weighted by Crippen LogP contribution is -2.50. The highest BCUT2D eigenvalue weighted by atomic mass is 35.5. The van der Waals surface area contributed by atoms with Crippen LogP contribution in [0.4, 0.5) is 18.9 Å². The Labute approximate surface area is 131 Å². The standard InChI is InChI=1S/C14H17ClF3N3O/c15-11-2-1-3-12(8-11)21-6-4-20(5-7-21)9-13(22)19-10-14(16,17)18/h1-3,8H,4-7,9-10H2,(H,19,22). The van der Waals surface area contributed by atoms with Gasteiger partial charge in [-0.2, -0.15) is 13.2 Å². The summed E-state index contributed by atoms with van der Waals surface area (Å²) >= 11 is 5.95. The van der Waals surface area contributed by atoms with Crippen LogP contribution in [0.15, 0.2) is 24.3 Å². The van der Waals surface area contributed by atoms with Crippen LogP contribution in [0.1, 0.15) is 0 Å². The fourth-order valence-electron chi connectivity index (χ4n) is 2.29. The molecule has 0 aromatic heterocycles. The molecule has 0 saturated carbocycles. The lowest BCUT2D eigenvalue weighted by molar-refractivity contribution is -0.139. The molecule has 22 heavy (non-hydrogen) atoms. The van der Waals surface area contributed by atoms with Crippen LogP contribution in [0.2, 0.25) is 5.02 Å². The van der Waals surface area contributed by atoms with Crippen LogP contribution in [0, 0.1) is 0 Å². The second-order valence-electron chi connectivity index (χ2n) is 5.13. The van der Waals surface area contributed by atoms with Gasteiger partial charge in [0, 0.05) is 36.9 Å². The van der Waals surface area contributed by atoms with Crippen molar-refractivity contribution in [2.45, 2.75) is 6.18 Å². The third-order valence-corrected chi connectivity index (χ3v) is 3.63. The first-order chi connectivity index (χ1) is 10.3. The van der Waals surface area contributed by atoms with E-state index in [4.69, 9.17) is 11.6 Å². The van der Waals surface area contributed by atoms with Crippen molar-refractivity contribution < 1.29 is 18.0 Å². The van der Waals surface area contributed by atoms with E-state index >= 15 is 0 Å². The van der Waals surface area contributed by atoms with Gasteiger partial charge in [-0.05, 0) is 18.2 Å². The van der Waals surface area contributed by atoms with Gasteiger partial charge in [-0.15, -0.1) is 0 Å². The fraction of sp³-hybridized carbons (Fsp3) is 0.500. The fourth-order valence-corrected chi connectivity index (χ4v) is 2.48. The number of piperazine rings is 1. The van der Waals surface area contributed by atoms with Gasteiger partial charge in [-0.3, -0.25) is 9.69 Å². The molecule has 1 aliphatic heterocycles. The van der Waals surface area contributed by atoms with Gasteiger partial charge in [-0.25, -0.2) is 0 Å². The first kappa shape index (κ1) is 16.9. The molecular formula is C14H17ClF3N3O. The molecule has 1 aromatic rings. The molecule has 1 heterocycles. The molecule has 0 atom stereocenters. The van der Waals surface area contributed by atoms with E-state index < -0.39 is 18.6 Å². The molecule has 122 valence electrons. The first-order valence-corrected chi connectivity index (χ1v) is 7.27. The molecular weight excluding hydrogens is 319 g/mol. The molecule has 1 saturated heterocycles. The molecule has 0 unspecified atom stereocenters. The SMILES string of the molecule is O=C(CN1CCN(c2cccc(Cl)c2)CC1)NCC(F)(F)F. The third kappa shape index (κ3) is 5.38. The number of alkyl halides is 3.